The lowest BCUT2D eigenvalue weighted by Crippen LogP contribution is -2.02. The average Bonchev–Trinajstić information content (AvgIpc) is 2.39. The van der Waals surface area contributed by atoms with Gasteiger partial charge in [-0.15, -0.1) is 0 Å². The molecule has 3 aromatic rings. The fourth-order valence-corrected chi connectivity index (χ4v) is 2.31. The van der Waals surface area contributed by atoms with Crippen molar-refractivity contribution in [3.8, 4) is 11.1 Å². The van der Waals surface area contributed by atoms with Crippen molar-refractivity contribution in [3.05, 3.63) is 69.0 Å². The number of rotatable bonds is 1. The summed E-state index contributed by atoms with van der Waals surface area (Å²) >= 11 is 3.38. The maximum Gasteiger partial charge on any atom is 0.344 e. The van der Waals surface area contributed by atoms with Gasteiger partial charge in [-0.3, -0.25) is 0 Å². The molecule has 2 nitrogen and oxygen atoms in total. The molecule has 0 aliphatic heterocycles. The molecule has 0 spiro atoms. The molecule has 1 heterocycles. The van der Waals surface area contributed by atoms with E-state index in [1.807, 2.05) is 55.5 Å². The van der Waals surface area contributed by atoms with Gasteiger partial charge in [0.15, 0.2) is 0 Å². The van der Waals surface area contributed by atoms with Crippen molar-refractivity contribution in [1.29, 1.82) is 0 Å². The van der Waals surface area contributed by atoms with E-state index in [0.717, 1.165) is 21.0 Å². The highest BCUT2D eigenvalue weighted by molar-refractivity contribution is 9.10. The predicted octanol–water partition coefficient (Wildman–Crippen LogP) is 4.53. The van der Waals surface area contributed by atoms with E-state index in [1.165, 1.54) is 0 Å². The molecule has 3 rings (SSSR count). The minimum absolute atomic E-state index is 0.305. The van der Waals surface area contributed by atoms with Gasteiger partial charge in [-0.2, -0.15) is 0 Å². The van der Waals surface area contributed by atoms with Crippen LogP contribution >= 0.6 is 15.9 Å². The molecule has 94 valence electrons. The zero-order valence-electron chi connectivity index (χ0n) is 10.3. The molecule has 0 N–H and O–H groups in total. The van der Waals surface area contributed by atoms with E-state index in [1.54, 1.807) is 0 Å². The van der Waals surface area contributed by atoms with Crippen LogP contribution in [0.1, 0.15) is 5.56 Å². The third-order valence-corrected chi connectivity index (χ3v) is 3.58. The van der Waals surface area contributed by atoms with E-state index in [2.05, 4.69) is 15.9 Å². The Hall–Kier alpha value is -1.87. The normalized spacial score (nSPS) is 10.8. The predicted molar refractivity (Wildman–Crippen MR) is 80.4 cm³/mol. The molecule has 0 fully saturated rings. The van der Waals surface area contributed by atoms with Crippen molar-refractivity contribution < 1.29 is 4.42 Å². The monoisotopic (exact) mass is 314 g/mol. The van der Waals surface area contributed by atoms with Gasteiger partial charge in [0.1, 0.15) is 5.58 Å². The highest BCUT2D eigenvalue weighted by Crippen LogP contribution is 2.23. The van der Waals surface area contributed by atoms with Gasteiger partial charge < -0.3 is 4.42 Å². The quantitative estimate of drug-likeness (QED) is 0.618. The summed E-state index contributed by atoms with van der Waals surface area (Å²) in [6.45, 7) is 1.97. The molecule has 0 radical (unpaired) electrons. The number of halogens is 1. The smallest absolute Gasteiger partial charge is 0.344 e. The molecule has 0 saturated heterocycles. The lowest BCUT2D eigenvalue weighted by molar-refractivity contribution is 0.563. The Morgan fingerprint density at radius 2 is 1.74 bits per heavy atom. The van der Waals surface area contributed by atoms with E-state index in [-0.39, 0.29) is 5.63 Å². The van der Waals surface area contributed by atoms with Gasteiger partial charge in [0.2, 0.25) is 0 Å². The van der Waals surface area contributed by atoms with Gasteiger partial charge in [-0.25, -0.2) is 4.79 Å². The first-order chi connectivity index (χ1) is 9.13. The van der Waals surface area contributed by atoms with Crippen molar-refractivity contribution in [1.82, 2.24) is 0 Å². The van der Waals surface area contributed by atoms with E-state index >= 15 is 0 Å². The van der Waals surface area contributed by atoms with Gasteiger partial charge in [0, 0.05) is 9.86 Å². The zero-order chi connectivity index (χ0) is 13.4. The maximum absolute atomic E-state index is 12.1. The third kappa shape index (κ3) is 2.34. The van der Waals surface area contributed by atoms with Crippen LogP contribution in [0.4, 0.5) is 0 Å². The lowest BCUT2D eigenvalue weighted by Gasteiger charge is -2.03. The molecule has 2 aromatic carbocycles. The number of hydrogen-bond acceptors (Lipinski definition) is 2. The standard InChI is InChI=1S/C16H11BrO2/c1-10-2-3-12-9-14(16(18)19-15(12)8-10)11-4-6-13(17)7-5-11/h2-9H,1H3. The summed E-state index contributed by atoms with van der Waals surface area (Å²) in [7, 11) is 0. The Kier molecular flexibility index (Phi) is 2.99. The van der Waals surface area contributed by atoms with Crippen LogP contribution in [-0.2, 0) is 0 Å². The topological polar surface area (TPSA) is 30.2 Å². The summed E-state index contributed by atoms with van der Waals surface area (Å²) in [6.07, 6.45) is 0. The summed E-state index contributed by atoms with van der Waals surface area (Å²) in [6, 6.07) is 15.4. The largest absolute Gasteiger partial charge is 0.422 e. The SMILES string of the molecule is Cc1ccc2cc(-c3ccc(Br)cc3)c(=O)oc2c1. The van der Waals surface area contributed by atoms with Gasteiger partial charge in [0.05, 0.1) is 5.56 Å². The molecule has 0 aliphatic carbocycles. The Morgan fingerprint density at radius 3 is 2.47 bits per heavy atom. The minimum atomic E-state index is -0.305. The van der Waals surface area contributed by atoms with Gasteiger partial charge >= 0.3 is 5.63 Å². The Morgan fingerprint density at radius 1 is 1.00 bits per heavy atom. The Bertz CT molecular complexity index is 801. The number of hydrogen-bond donors (Lipinski definition) is 0. The second-order valence-corrected chi connectivity index (χ2v) is 5.41. The first-order valence-corrected chi connectivity index (χ1v) is 6.73. The maximum atomic E-state index is 12.1. The summed E-state index contributed by atoms with van der Waals surface area (Å²) in [5.41, 5.74) is 2.85. The molecule has 1 aromatic heterocycles. The molecule has 3 heteroatoms. The molecule has 0 saturated carbocycles. The van der Waals surface area contributed by atoms with Gasteiger partial charge in [-0.1, -0.05) is 40.2 Å². The second kappa shape index (κ2) is 4.67. The second-order valence-electron chi connectivity index (χ2n) is 4.50. The van der Waals surface area contributed by atoms with E-state index in [4.69, 9.17) is 4.42 Å². The highest BCUT2D eigenvalue weighted by atomic mass is 79.9. The average molecular weight is 315 g/mol. The van der Waals surface area contributed by atoms with Crippen LogP contribution in [0.2, 0.25) is 0 Å². The van der Waals surface area contributed by atoms with Crippen molar-refractivity contribution in [2.45, 2.75) is 6.92 Å². The number of aryl methyl sites for hydroxylation is 1. The Balaban J connectivity index is 2.24. The number of fused-ring (bicyclic) bond motifs is 1. The Labute approximate surface area is 118 Å². The van der Waals surface area contributed by atoms with Crippen LogP contribution in [-0.4, -0.2) is 0 Å². The van der Waals surface area contributed by atoms with Crippen molar-refractivity contribution in [3.63, 3.8) is 0 Å². The van der Waals surface area contributed by atoms with Gasteiger partial charge in [-0.05, 0) is 42.3 Å². The fourth-order valence-electron chi connectivity index (χ4n) is 2.05. The van der Waals surface area contributed by atoms with Crippen molar-refractivity contribution >= 4 is 26.9 Å². The summed E-state index contributed by atoms with van der Waals surface area (Å²) < 4.78 is 6.37. The van der Waals surface area contributed by atoms with Crippen molar-refractivity contribution in [2.24, 2.45) is 0 Å². The van der Waals surface area contributed by atoms with Crippen molar-refractivity contribution in [2.75, 3.05) is 0 Å². The van der Waals surface area contributed by atoms with Crippen LogP contribution in [0.5, 0.6) is 0 Å². The van der Waals surface area contributed by atoms with Crippen LogP contribution in [0.3, 0.4) is 0 Å². The van der Waals surface area contributed by atoms with Gasteiger partial charge in [0.25, 0.3) is 0 Å². The van der Waals surface area contributed by atoms with E-state index < -0.39 is 0 Å². The third-order valence-electron chi connectivity index (χ3n) is 3.05. The number of benzene rings is 2. The van der Waals surface area contributed by atoms with Crippen LogP contribution < -0.4 is 5.63 Å². The zero-order valence-corrected chi connectivity index (χ0v) is 11.9. The lowest BCUT2D eigenvalue weighted by atomic mass is 10.1. The molecule has 0 amide bonds. The highest BCUT2D eigenvalue weighted by Gasteiger charge is 2.07. The molecular formula is C16H11BrO2. The molecule has 0 bridgehead atoms. The minimum Gasteiger partial charge on any atom is -0.422 e. The fraction of sp³-hybridized carbons (Fsp3) is 0.0625. The molecule has 0 atom stereocenters. The molecule has 0 unspecified atom stereocenters. The summed E-state index contributed by atoms with van der Waals surface area (Å²) in [5.74, 6) is 0. The van der Waals surface area contributed by atoms with Crippen LogP contribution in [0, 0.1) is 6.92 Å². The van der Waals surface area contributed by atoms with E-state index in [9.17, 15) is 4.79 Å². The first kappa shape index (κ1) is 12.2. The van der Waals surface area contributed by atoms with Crippen LogP contribution in [0.15, 0.2) is 62.2 Å². The molecule has 0 aliphatic rings. The van der Waals surface area contributed by atoms with Crippen LogP contribution in [0.25, 0.3) is 22.1 Å². The van der Waals surface area contributed by atoms with E-state index in [0.29, 0.717) is 11.1 Å². The summed E-state index contributed by atoms with van der Waals surface area (Å²) in [4.78, 5) is 12.1. The molecule has 19 heavy (non-hydrogen) atoms. The summed E-state index contributed by atoms with van der Waals surface area (Å²) in [5, 5.41) is 0.933. The first-order valence-electron chi connectivity index (χ1n) is 5.94. The molecular weight excluding hydrogens is 304 g/mol.